The zero-order valence-electron chi connectivity index (χ0n) is 33.7. The summed E-state index contributed by atoms with van der Waals surface area (Å²) >= 11 is 9.74. The predicted octanol–water partition coefficient (Wildman–Crippen LogP) is 8.84. The molecule has 2 aromatic heterocycles. The van der Waals surface area contributed by atoms with Crippen molar-refractivity contribution in [2.75, 3.05) is 59.1 Å². The maximum absolute atomic E-state index is 13.2. The number of rotatable bonds is 8. The lowest BCUT2D eigenvalue weighted by atomic mass is 9.96. The number of carbonyl (C=O) groups excluding carboxylic acids is 2. The zero-order valence-corrected chi connectivity index (χ0v) is 36.1. The number of carbonyl (C=O) groups is 2. The van der Waals surface area contributed by atoms with Crippen LogP contribution in [0.3, 0.4) is 0 Å². The molecule has 0 radical (unpaired) electrons. The third-order valence-electron chi connectivity index (χ3n) is 8.22. The smallest absolute Gasteiger partial charge is 0.291 e. The van der Waals surface area contributed by atoms with Crippen LogP contribution in [0.15, 0.2) is 65.4 Å². The van der Waals surface area contributed by atoms with Gasteiger partial charge in [-0.1, -0.05) is 67.0 Å². The Balaban J connectivity index is 0.000000246. The number of hydrazine groups is 2. The van der Waals surface area contributed by atoms with Gasteiger partial charge in [-0.05, 0) is 75.3 Å². The summed E-state index contributed by atoms with van der Waals surface area (Å²) in [5.74, 6) is 0.0432. The van der Waals surface area contributed by atoms with Gasteiger partial charge < -0.3 is 0 Å². The molecule has 2 fully saturated rings. The van der Waals surface area contributed by atoms with Crippen LogP contribution in [0.2, 0.25) is 5.02 Å². The van der Waals surface area contributed by atoms with Crippen molar-refractivity contribution in [3.8, 4) is 12.1 Å². The Bertz CT molecular complexity index is 2000. The summed E-state index contributed by atoms with van der Waals surface area (Å²) in [5.41, 5.74) is 0.894. The Morgan fingerprint density at radius 2 is 1.07 bits per heavy atom. The number of aromatic nitrogens is 4. The average Bonchev–Trinajstić information content (AvgIpc) is 3.76. The first-order valence-electron chi connectivity index (χ1n) is 18.5. The fourth-order valence-electron chi connectivity index (χ4n) is 5.85. The number of urea groups is 2. The number of halogens is 4. The molecule has 58 heavy (non-hydrogen) atoms. The molecule has 2 aliphatic rings. The lowest BCUT2D eigenvalue weighted by molar-refractivity contribution is 0.206. The summed E-state index contributed by atoms with van der Waals surface area (Å²) in [7, 11) is 0. The lowest BCUT2D eigenvalue weighted by Gasteiger charge is -2.37. The van der Waals surface area contributed by atoms with E-state index in [0.29, 0.717) is 66.8 Å². The highest BCUT2D eigenvalue weighted by molar-refractivity contribution is 9.10. The minimum atomic E-state index is -0.363. The maximum Gasteiger partial charge on any atom is 0.343 e. The number of hydrogen-bond acceptors (Lipinski definition) is 10. The average molecular weight is 880 g/mol. The molecule has 306 valence electrons. The summed E-state index contributed by atoms with van der Waals surface area (Å²) in [6.45, 7) is 18.9. The zero-order chi connectivity index (χ0) is 42.9. The van der Waals surface area contributed by atoms with E-state index in [9.17, 15) is 18.4 Å². The summed E-state index contributed by atoms with van der Waals surface area (Å²) in [6.07, 6.45) is 2.87. The van der Waals surface area contributed by atoms with Gasteiger partial charge in [0.2, 0.25) is 11.6 Å². The Morgan fingerprint density at radius 1 is 0.690 bits per heavy atom. The number of hydrogen-bond donors (Lipinski definition) is 0. The largest absolute Gasteiger partial charge is 0.343 e. The summed E-state index contributed by atoms with van der Waals surface area (Å²) in [4.78, 5) is 45.8. The van der Waals surface area contributed by atoms with Crippen molar-refractivity contribution in [1.82, 2.24) is 30.0 Å². The van der Waals surface area contributed by atoms with Gasteiger partial charge in [0.15, 0.2) is 11.6 Å². The van der Waals surface area contributed by atoms with E-state index in [1.165, 1.54) is 36.7 Å². The molecular formula is C40H46BrClF2N12O2. The van der Waals surface area contributed by atoms with E-state index in [2.05, 4.69) is 56.6 Å². The van der Waals surface area contributed by atoms with Gasteiger partial charge in [0.05, 0.1) is 23.8 Å². The molecule has 0 spiro atoms. The van der Waals surface area contributed by atoms with Gasteiger partial charge in [0.25, 0.3) is 0 Å². The van der Waals surface area contributed by atoms with Crippen LogP contribution in [0.5, 0.6) is 0 Å². The fraction of sp³-hybridized carbons (Fsp3) is 0.400. The van der Waals surface area contributed by atoms with E-state index in [0.717, 1.165) is 0 Å². The van der Waals surface area contributed by atoms with Crippen LogP contribution in [0.4, 0.5) is 41.4 Å². The molecule has 0 N–H and O–H groups in total. The van der Waals surface area contributed by atoms with Crippen molar-refractivity contribution >= 4 is 62.6 Å². The quantitative estimate of drug-likeness (QED) is 0.168. The molecule has 14 nitrogen and oxygen atoms in total. The third-order valence-corrected chi connectivity index (χ3v) is 9.05. The highest BCUT2D eigenvalue weighted by Crippen LogP contribution is 2.33. The molecule has 4 heterocycles. The standard InChI is InChI=1S/C19H20BrFN6O.C19H20ClFN6O.C2H6/c2*1-19(2,3)12-27(17-15(20)11-23-16(10-22)24-17)26-9-8-25(18(26)28)14-6-4-13(21)5-7-14;1-2/h2*4-7,11H,8-9,12H2,1-3H3;1-2H3. The summed E-state index contributed by atoms with van der Waals surface area (Å²) in [6, 6.07) is 14.9. The van der Waals surface area contributed by atoms with Crippen LogP contribution in [0, 0.1) is 45.1 Å². The molecule has 18 heteroatoms. The molecule has 0 unspecified atom stereocenters. The number of benzene rings is 2. The van der Waals surface area contributed by atoms with Gasteiger partial charge in [0.1, 0.15) is 28.8 Å². The van der Waals surface area contributed by atoms with Gasteiger partial charge >= 0.3 is 12.1 Å². The van der Waals surface area contributed by atoms with Crippen LogP contribution in [0.25, 0.3) is 0 Å². The number of nitriles is 2. The summed E-state index contributed by atoms with van der Waals surface area (Å²) < 4.78 is 27.0. The SMILES string of the molecule is CC.CC(C)(C)CN(c1nc(C#N)ncc1Br)N1CCN(c2ccc(F)cc2)C1=O.CC(C)(C)CN(c1nc(C#N)ncc1Cl)N1CCN(c2ccc(F)cc2)C1=O. The molecule has 6 rings (SSSR count). The molecule has 0 saturated carbocycles. The first kappa shape index (κ1) is 45.1. The minimum absolute atomic E-state index is 0.0270. The monoisotopic (exact) mass is 878 g/mol. The van der Waals surface area contributed by atoms with E-state index in [1.54, 1.807) is 54.1 Å². The van der Waals surface area contributed by atoms with Crippen LogP contribution in [0.1, 0.15) is 67.0 Å². The second-order valence-electron chi connectivity index (χ2n) is 15.3. The van der Waals surface area contributed by atoms with E-state index in [4.69, 9.17) is 22.1 Å². The number of anilines is 4. The highest BCUT2D eigenvalue weighted by atomic mass is 79.9. The van der Waals surface area contributed by atoms with Crippen molar-refractivity contribution in [3.05, 3.63) is 93.7 Å². The van der Waals surface area contributed by atoms with Crippen molar-refractivity contribution in [3.63, 3.8) is 0 Å². The van der Waals surface area contributed by atoms with Crippen molar-refractivity contribution in [1.29, 1.82) is 10.5 Å². The van der Waals surface area contributed by atoms with Crippen molar-refractivity contribution in [2.24, 2.45) is 10.8 Å². The van der Waals surface area contributed by atoms with E-state index in [-0.39, 0.29) is 51.2 Å². The van der Waals surface area contributed by atoms with E-state index in [1.807, 2.05) is 46.8 Å². The normalized spacial score (nSPS) is 14.0. The second-order valence-corrected chi connectivity index (χ2v) is 16.5. The first-order chi connectivity index (χ1) is 27.4. The molecule has 2 aliphatic heterocycles. The maximum atomic E-state index is 13.2. The molecular weight excluding hydrogens is 834 g/mol. The van der Waals surface area contributed by atoms with E-state index >= 15 is 0 Å². The number of nitrogens with zero attached hydrogens (tertiary/aromatic N) is 12. The van der Waals surface area contributed by atoms with Gasteiger partial charge in [-0.3, -0.25) is 19.8 Å². The second kappa shape index (κ2) is 19.2. The molecule has 0 atom stereocenters. The predicted molar refractivity (Wildman–Crippen MR) is 223 cm³/mol. The first-order valence-corrected chi connectivity index (χ1v) is 19.7. The summed E-state index contributed by atoms with van der Waals surface area (Å²) in [5, 5.41) is 25.2. The van der Waals surface area contributed by atoms with Crippen LogP contribution >= 0.6 is 27.5 Å². The molecule has 2 aromatic carbocycles. The van der Waals surface area contributed by atoms with Crippen LogP contribution < -0.4 is 19.8 Å². The van der Waals surface area contributed by atoms with Gasteiger partial charge in [-0.15, -0.1) is 0 Å². The van der Waals surface area contributed by atoms with Crippen molar-refractivity contribution < 1.29 is 18.4 Å². The van der Waals surface area contributed by atoms with E-state index < -0.39 is 0 Å². The van der Waals surface area contributed by atoms with Crippen LogP contribution in [-0.4, -0.2) is 81.3 Å². The Hall–Kier alpha value is -5.65. The van der Waals surface area contributed by atoms with Gasteiger partial charge in [-0.2, -0.15) is 20.5 Å². The Morgan fingerprint density at radius 3 is 1.47 bits per heavy atom. The molecule has 0 aliphatic carbocycles. The Labute approximate surface area is 351 Å². The van der Waals surface area contributed by atoms with Gasteiger partial charge in [-0.25, -0.2) is 38.4 Å². The fourth-order valence-corrected chi connectivity index (χ4v) is 6.44. The topological polar surface area (TPSA) is 153 Å². The Kier molecular flexibility index (Phi) is 14.9. The molecule has 4 aromatic rings. The molecule has 0 bridgehead atoms. The van der Waals surface area contributed by atoms with Gasteiger partial charge in [0, 0.05) is 43.8 Å². The number of amides is 4. The lowest BCUT2D eigenvalue weighted by Crippen LogP contribution is -2.49. The molecule has 4 amide bonds. The highest BCUT2D eigenvalue weighted by Gasteiger charge is 2.38. The minimum Gasteiger partial charge on any atom is -0.291 e. The third kappa shape index (κ3) is 11.3. The van der Waals surface area contributed by atoms with Crippen molar-refractivity contribution in [2.45, 2.75) is 55.4 Å². The van der Waals surface area contributed by atoms with Crippen LogP contribution in [-0.2, 0) is 0 Å². The molecule has 2 saturated heterocycles.